The summed E-state index contributed by atoms with van der Waals surface area (Å²) >= 11 is 0. The smallest absolute Gasteiger partial charge is 0.143 e. The Balaban J connectivity index is 1.03. The molecule has 0 aliphatic rings. The lowest BCUT2D eigenvalue weighted by atomic mass is 9.96. The SMILES string of the molecule is [2H]c1c([2H])c([2H])c2c(-c3ccc(-c4ccc(N(c5ccc(-c6cccc7c6oc6ccccc67)cc5)c5cccc(-c6ccccc6)c5)cc4)cc3)c([2H])c([2H])c([2H])c2c1[2H]. The Morgan fingerprint density at radius 2 is 0.944 bits per heavy atom. The zero-order valence-corrected chi connectivity index (χ0v) is 29.0. The summed E-state index contributed by atoms with van der Waals surface area (Å²) in [5, 5.41) is 2.20. The molecule has 0 saturated carbocycles. The maximum absolute atomic E-state index is 8.77. The van der Waals surface area contributed by atoms with Crippen molar-refractivity contribution in [2.24, 2.45) is 0 Å². The van der Waals surface area contributed by atoms with E-state index < -0.39 is 12.1 Å². The van der Waals surface area contributed by atoms with E-state index in [4.69, 9.17) is 14.0 Å². The van der Waals surface area contributed by atoms with Crippen LogP contribution in [-0.4, -0.2) is 0 Å². The van der Waals surface area contributed by atoms with Crippen LogP contribution in [0.5, 0.6) is 0 Å². The highest BCUT2D eigenvalue weighted by atomic mass is 16.3. The van der Waals surface area contributed by atoms with E-state index in [1.54, 1.807) is 12.1 Å². The fourth-order valence-corrected chi connectivity index (χ4v) is 7.33. The van der Waals surface area contributed by atoms with Crippen molar-refractivity contribution in [3.63, 3.8) is 0 Å². The van der Waals surface area contributed by atoms with Gasteiger partial charge in [-0.25, -0.2) is 0 Å². The molecule has 0 atom stereocenters. The molecule has 254 valence electrons. The highest BCUT2D eigenvalue weighted by molar-refractivity contribution is 6.09. The Morgan fingerprint density at radius 1 is 0.370 bits per heavy atom. The van der Waals surface area contributed by atoms with Gasteiger partial charge in [-0.15, -0.1) is 0 Å². The molecule has 54 heavy (non-hydrogen) atoms. The lowest BCUT2D eigenvalue weighted by Gasteiger charge is -2.26. The van der Waals surface area contributed by atoms with Crippen LogP contribution in [0.25, 0.3) is 77.2 Å². The van der Waals surface area contributed by atoms with Crippen LogP contribution in [0.1, 0.15) is 9.60 Å². The average Bonchev–Trinajstić information content (AvgIpc) is 3.69. The standard InChI is InChI=1S/C52H35NO/c1-2-11-36(12-3-1)42-15-8-16-45(35-42)53(44-33-29-41(30-34-44)48-20-10-21-50-49-18-6-7-22-51(49)54-52(48)50)43-31-27-38(28-32-43)37-23-25-40(26-24-37)47-19-9-14-39-13-4-5-17-46(39)47/h1-35H/i4D,5D,9D,13D,14D,17D,19D. The molecule has 9 aromatic carbocycles. The predicted molar refractivity (Wildman–Crippen MR) is 228 cm³/mol. The molecule has 2 nitrogen and oxygen atoms in total. The number of hydrogen-bond donors (Lipinski definition) is 0. The van der Waals surface area contributed by atoms with Crippen molar-refractivity contribution >= 4 is 49.8 Å². The van der Waals surface area contributed by atoms with E-state index in [1.807, 2.05) is 48.5 Å². The number of rotatable bonds is 7. The number of anilines is 3. The minimum absolute atomic E-state index is 0.0567. The van der Waals surface area contributed by atoms with Gasteiger partial charge >= 0.3 is 0 Å². The minimum atomic E-state index is -0.468. The summed E-state index contributed by atoms with van der Waals surface area (Å²) in [6.07, 6.45) is 0. The maximum atomic E-state index is 8.77. The number of benzene rings is 9. The van der Waals surface area contributed by atoms with Crippen molar-refractivity contribution in [2.75, 3.05) is 4.90 Å². The van der Waals surface area contributed by atoms with Gasteiger partial charge in [-0.05, 0) is 92.2 Å². The molecule has 0 spiro atoms. The third-order valence-electron chi connectivity index (χ3n) is 10.00. The van der Waals surface area contributed by atoms with Crippen LogP contribution in [-0.2, 0) is 0 Å². The molecule has 0 bridgehead atoms. The Labute approximate surface area is 324 Å². The zero-order chi connectivity index (χ0) is 41.9. The van der Waals surface area contributed by atoms with Crippen molar-refractivity contribution in [1.82, 2.24) is 0 Å². The van der Waals surface area contributed by atoms with Crippen LogP contribution in [0, 0.1) is 0 Å². The van der Waals surface area contributed by atoms with E-state index in [2.05, 4.69) is 114 Å². The second-order valence-electron chi connectivity index (χ2n) is 13.2. The van der Waals surface area contributed by atoms with Gasteiger partial charge in [0.15, 0.2) is 0 Å². The minimum Gasteiger partial charge on any atom is -0.455 e. The van der Waals surface area contributed by atoms with Gasteiger partial charge in [0.1, 0.15) is 11.2 Å². The molecule has 0 amide bonds. The summed E-state index contributed by atoms with van der Waals surface area (Å²) in [6, 6.07) is 54.8. The third kappa shape index (κ3) is 5.71. The van der Waals surface area contributed by atoms with Crippen molar-refractivity contribution in [1.29, 1.82) is 0 Å². The molecule has 1 heterocycles. The highest BCUT2D eigenvalue weighted by Crippen LogP contribution is 2.40. The number of para-hydroxylation sites is 2. The first-order valence-electron chi connectivity index (χ1n) is 21.3. The molecule has 10 aromatic rings. The summed E-state index contributed by atoms with van der Waals surface area (Å²) in [7, 11) is 0. The first kappa shape index (κ1) is 24.9. The zero-order valence-electron chi connectivity index (χ0n) is 36.0. The van der Waals surface area contributed by atoms with Gasteiger partial charge in [-0.1, -0.05) is 170 Å². The monoisotopic (exact) mass is 696 g/mol. The number of furan rings is 1. The van der Waals surface area contributed by atoms with Crippen LogP contribution in [0.2, 0.25) is 0 Å². The molecule has 0 unspecified atom stereocenters. The van der Waals surface area contributed by atoms with Gasteiger partial charge in [-0.2, -0.15) is 0 Å². The van der Waals surface area contributed by atoms with Crippen molar-refractivity contribution in [3.05, 3.63) is 212 Å². The topological polar surface area (TPSA) is 16.4 Å². The molecule has 2 heteroatoms. The number of nitrogens with zero attached hydrogens (tertiary/aromatic N) is 1. The maximum Gasteiger partial charge on any atom is 0.143 e. The summed E-state index contributed by atoms with van der Waals surface area (Å²) < 4.78 is 65.7. The molecule has 0 aliphatic heterocycles. The molecule has 1 aromatic heterocycles. The van der Waals surface area contributed by atoms with Crippen molar-refractivity contribution in [3.8, 4) is 44.5 Å². The Morgan fingerprint density at radius 3 is 1.74 bits per heavy atom. The summed E-state index contributed by atoms with van der Waals surface area (Å²) in [5.74, 6) is 0. The lowest BCUT2D eigenvalue weighted by molar-refractivity contribution is 0.670. The normalized spacial score (nSPS) is 13.1. The van der Waals surface area contributed by atoms with Crippen LogP contribution in [0.15, 0.2) is 217 Å². The molecule has 0 saturated heterocycles. The first-order valence-corrected chi connectivity index (χ1v) is 17.8. The molecule has 0 N–H and O–H groups in total. The van der Waals surface area contributed by atoms with Crippen LogP contribution in [0.3, 0.4) is 0 Å². The molecule has 0 aliphatic carbocycles. The molecule has 10 rings (SSSR count). The van der Waals surface area contributed by atoms with Crippen molar-refractivity contribution < 1.29 is 14.0 Å². The largest absolute Gasteiger partial charge is 0.455 e. The summed E-state index contributed by atoms with van der Waals surface area (Å²) in [4.78, 5) is 2.24. The van der Waals surface area contributed by atoms with E-state index in [0.29, 0.717) is 5.56 Å². The molecule has 0 fully saturated rings. The first-order chi connectivity index (χ1) is 29.7. The fraction of sp³-hybridized carbons (Fsp3) is 0. The third-order valence-corrected chi connectivity index (χ3v) is 10.00. The van der Waals surface area contributed by atoms with Gasteiger partial charge in [0.05, 0.1) is 9.60 Å². The Hall–Kier alpha value is -7.16. The lowest BCUT2D eigenvalue weighted by Crippen LogP contribution is -2.10. The van der Waals surface area contributed by atoms with E-state index in [9.17, 15) is 0 Å². The molecular formula is C52H35NO. The van der Waals surface area contributed by atoms with Crippen LogP contribution in [0.4, 0.5) is 17.1 Å². The Bertz CT molecular complexity index is 3300. The average molecular weight is 697 g/mol. The highest BCUT2D eigenvalue weighted by Gasteiger charge is 2.16. The molecule has 0 radical (unpaired) electrons. The van der Waals surface area contributed by atoms with E-state index in [-0.39, 0.29) is 46.5 Å². The van der Waals surface area contributed by atoms with E-state index in [0.717, 1.165) is 72.4 Å². The predicted octanol–water partition coefficient (Wildman–Crippen LogP) is 14.9. The van der Waals surface area contributed by atoms with Gasteiger partial charge in [-0.3, -0.25) is 0 Å². The quantitative estimate of drug-likeness (QED) is 0.165. The second kappa shape index (κ2) is 13.4. The number of hydrogen-bond acceptors (Lipinski definition) is 2. The van der Waals surface area contributed by atoms with Gasteiger partial charge in [0.25, 0.3) is 0 Å². The van der Waals surface area contributed by atoms with E-state index in [1.165, 1.54) is 0 Å². The summed E-state index contributed by atoms with van der Waals surface area (Å²) in [6.45, 7) is 0. The Kier molecular flexibility index (Phi) is 6.20. The van der Waals surface area contributed by atoms with Gasteiger partial charge < -0.3 is 9.32 Å². The second-order valence-corrected chi connectivity index (χ2v) is 13.2. The van der Waals surface area contributed by atoms with Gasteiger partial charge in [0, 0.05) is 33.4 Å². The fourth-order valence-electron chi connectivity index (χ4n) is 7.33. The van der Waals surface area contributed by atoms with Crippen molar-refractivity contribution in [2.45, 2.75) is 0 Å². The summed E-state index contributed by atoms with van der Waals surface area (Å²) in [5.41, 5.74) is 11.5. The molecular weight excluding hydrogens is 655 g/mol. The van der Waals surface area contributed by atoms with Crippen LogP contribution < -0.4 is 4.90 Å². The van der Waals surface area contributed by atoms with E-state index >= 15 is 0 Å². The van der Waals surface area contributed by atoms with Gasteiger partial charge in [0.2, 0.25) is 0 Å². The number of fused-ring (bicyclic) bond motifs is 4. The van der Waals surface area contributed by atoms with Crippen LogP contribution >= 0.6 is 0 Å².